The van der Waals surface area contributed by atoms with E-state index < -0.39 is 11.4 Å². The smallest absolute Gasteiger partial charge is 0.317 e. The highest BCUT2D eigenvalue weighted by Gasteiger charge is 2.41. The largest absolute Gasteiger partial charge is 0.481 e. The number of carbonyl (C=O) groups is 2. The number of amides is 2. The first-order valence-corrected chi connectivity index (χ1v) is 7.18. The van der Waals surface area contributed by atoms with Crippen molar-refractivity contribution < 1.29 is 14.7 Å². The van der Waals surface area contributed by atoms with Crippen molar-refractivity contribution in [2.75, 3.05) is 13.1 Å². The van der Waals surface area contributed by atoms with Crippen molar-refractivity contribution in [3.8, 4) is 0 Å². The number of hydrogen-bond donors (Lipinski definition) is 3. The van der Waals surface area contributed by atoms with Gasteiger partial charge in [0.15, 0.2) is 0 Å². The van der Waals surface area contributed by atoms with E-state index in [1.54, 1.807) is 4.90 Å². The number of aromatic nitrogens is 3. The average molecular weight is 295 g/mol. The standard InChI is InChI=1S/C13H21N5O3/c1-2-3-13(11(19)20)4-6-18(7-5-13)12(21)14-8-10-15-9-16-17-10/h9H,2-8H2,1H3,(H,14,21)(H,19,20)(H,15,16,17). The number of aromatic amines is 1. The second-order valence-electron chi connectivity index (χ2n) is 5.41. The second kappa shape index (κ2) is 6.55. The summed E-state index contributed by atoms with van der Waals surface area (Å²) in [6.07, 6.45) is 3.89. The molecule has 116 valence electrons. The van der Waals surface area contributed by atoms with Gasteiger partial charge in [0.2, 0.25) is 0 Å². The molecule has 1 aliphatic heterocycles. The van der Waals surface area contributed by atoms with Crippen molar-refractivity contribution in [1.29, 1.82) is 0 Å². The minimum atomic E-state index is -0.744. The summed E-state index contributed by atoms with van der Waals surface area (Å²) in [6.45, 7) is 3.21. The normalized spacial score (nSPS) is 17.5. The molecule has 0 spiro atoms. The molecule has 0 unspecified atom stereocenters. The molecule has 1 aromatic heterocycles. The fourth-order valence-corrected chi connectivity index (χ4v) is 2.77. The van der Waals surface area contributed by atoms with Crippen LogP contribution in [0.3, 0.4) is 0 Å². The predicted molar refractivity (Wildman–Crippen MR) is 74.4 cm³/mol. The molecular weight excluding hydrogens is 274 g/mol. The third-order valence-electron chi connectivity index (χ3n) is 4.06. The Labute approximate surface area is 122 Å². The molecule has 1 aromatic rings. The summed E-state index contributed by atoms with van der Waals surface area (Å²) >= 11 is 0. The number of nitrogens with one attached hydrogen (secondary N) is 2. The average Bonchev–Trinajstić information content (AvgIpc) is 2.99. The minimum absolute atomic E-state index is 0.193. The minimum Gasteiger partial charge on any atom is -0.481 e. The molecule has 8 nitrogen and oxygen atoms in total. The lowest BCUT2D eigenvalue weighted by Crippen LogP contribution is -2.49. The lowest BCUT2D eigenvalue weighted by molar-refractivity contribution is -0.152. The van der Waals surface area contributed by atoms with Gasteiger partial charge in [0, 0.05) is 13.1 Å². The van der Waals surface area contributed by atoms with E-state index in [0.29, 0.717) is 38.2 Å². The van der Waals surface area contributed by atoms with Crippen LogP contribution < -0.4 is 5.32 Å². The van der Waals surface area contributed by atoms with Crippen LogP contribution >= 0.6 is 0 Å². The van der Waals surface area contributed by atoms with Crippen molar-refractivity contribution in [3.05, 3.63) is 12.2 Å². The van der Waals surface area contributed by atoms with Gasteiger partial charge in [0.25, 0.3) is 0 Å². The van der Waals surface area contributed by atoms with E-state index in [4.69, 9.17) is 0 Å². The number of carbonyl (C=O) groups excluding carboxylic acids is 1. The molecule has 0 aliphatic carbocycles. The van der Waals surface area contributed by atoms with E-state index in [2.05, 4.69) is 20.5 Å². The molecule has 1 saturated heterocycles. The molecule has 2 rings (SSSR count). The Morgan fingerprint density at radius 3 is 2.71 bits per heavy atom. The monoisotopic (exact) mass is 295 g/mol. The lowest BCUT2D eigenvalue weighted by atomic mass is 9.75. The summed E-state index contributed by atoms with van der Waals surface area (Å²) in [6, 6.07) is -0.193. The molecule has 0 aromatic carbocycles. The summed E-state index contributed by atoms with van der Waals surface area (Å²) < 4.78 is 0. The van der Waals surface area contributed by atoms with Crippen LogP contribution in [0.1, 0.15) is 38.4 Å². The van der Waals surface area contributed by atoms with Crippen LogP contribution in [0.15, 0.2) is 6.33 Å². The molecule has 21 heavy (non-hydrogen) atoms. The zero-order chi connectivity index (χ0) is 15.3. The third-order valence-corrected chi connectivity index (χ3v) is 4.06. The molecule has 2 amide bonds. The number of H-pyrrole nitrogens is 1. The summed E-state index contributed by atoms with van der Waals surface area (Å²) in [4.78, 5) is 29.1. The Morgan fingerprint density at radius 1 is 1.48 bits per heavy atom. The van der Waals surface area contributed by atoms with Gasteiger partial charge in [-0.05, 0) is 19.3 Å². The first kappa shape index (κ1) is 15.3. The quantitative estimate of drug-likeness (QED) is 0.750. The Hall–Kier alpha value is -2.12. The molecule has 0 atom stereocenters. The highest BCUT2D eigenvalue weighted by molar-refractivity contribution is 5.77. The first-order chi connectivity index (χ1) is 10.1. The Morgan fingerprint density at radius 2 is 2.19 bits per heavy atom. The van der Waals surface area contributed by atoms with Crippen molar-refractivity contribution in [1.82, 2.24) is 25.4 Å². The number of piperidine rings is 1. The van der Waals surface area contributed by atoms with Crippen LogP contribution in [-0.4, -0.2) is 50.3 Å². The molecule has 1 aliphatic rings. The molecule has 3 N–H and O–H groups in total. The number of aliphatic carboxylic acids is 1. The van der Waals surface area contributed by atoms with Crippen LogP contribution in [0.4, 0.5) is 4.79 Å². The van der Waals surface area contributed by atoms with Gasteiger partial charge < -0.3 is 15.3 Å². The number of carboxylic acids is 1. The number of rotatable bonds is 5. The molecule has 0 radical (unpaired) electrons. The topological polar surface area (TPSA) is 111 Å². The van der Waals surface area contributed by atoms with Crippen LogP contribution in [-0.2, 0) is 11.3 Å². The van der Waals surface area contributed by atoms with Crippen molar-refractivity contribution in [3.63, 3.8) is 0 Å². The zero-order valence-corrected chi connectivity index (χ0v) is 12.1. The first-order valence-electron chi connectivity index (χ1n) is 7.18. The molecule has 0 bridgehead atoms. The van der Waals surface area contributed by atoms with Crippen LogP contribution in [0.5, 0.6) is 0 Å². The predicted octanol–water partition coefficient (Wildman–Crippen LogP) is 0.981. The highest BCUT2D eigenvalue weighted by Crippen LogP contribution is 2.36. The van der Waals surface area contributed by atoms with E-state index >= 15 is 0 Å². The Kier molecular flexibility index (Phi) is 4.77. The van der Waals surface area contributed by atoms with Crippen molar-refractivity contribution >= 4 is 12.0 Å². The van der Waals surface area contributed by atoms with E-state index in [-0.39, 0.29) is 12.6 Å². The highest BCUT2D eigenvalue weighted by atomic mass is 16.4. The van der Waals surface area contributed by atoms with Crippen molar-refractivity contribution in [2.45, 2.75) is 39.2 Å². The maximum atomic E-state index is 12.0. The van der Waals surface area contributed by atoms with Gasteiger partial charge in [0.05, 0.1) is 12.0 Å². The fourth-order valence-electron chi connectivity index (χ4n) is 2.77. The van der Waals surface area contributed by atoms with Gasteiger partial charge in [-0.3, -0.25) is 9.89 Å². The van der Waals surface area contributed by atoms with Crippen LogP contribution in [0, 0.1) is 5.41 Å². The Balaban J connectivity index is 1.85. The number of nitrogens with zero attached hydrogens (tertiary/aromatic N) is 3. The maximum Gasteiger partial charge on any atom is 0.317 e. The number of urea groups is 1. The summed E-state index contributed by atoms with van der Waals surface area (Å²) in [5.74, 6) is -0.155. The van der Waals surface area contributed by atoms with Crippen LogP contribution in [0.25, 0.3) is 0 Å². The zero-order valence-electron chi connectivity index (χ0n) is 12.1. The molecule has 1 fully saturated rings. The van der Waals surface area contributed by atoms with Crippen LogP contribution in [0.2, 0.25) is 0 Å². The van der Waals surface area contributed by atoms with Gasteiger partial charge in [-0.2, -0.15) is 5.10 Å². The van der Waals surface area contributed by atoms with Gasteiger partial charge in [0.1, 0.15) is 12.2 Å². The number of likely N-dealkylation sites (tertiary alicyclic amines) is 1. The summed E-state index contributed by atoms with van der Waals surface area (Å²) in [5, 5.41) is 18.6. The van der Waals surface area contributed by atoms with E-state index in [1.165, 1.54) is 6.33 Å². The second-order valence-corrected chi connectivity index (χ2v) is 5.41. The van der Waals surface area contributed by atoms with E-state index in [1.807, 2.05) is 6.92 Å². The van der Waals surface area contributed by atoms with Gasteiger partial charge in [-0.15, -0.1) is 0 Å². The molecule has 0 saturated carbocycles. The fraction of sp³-hybridized carbons (Fsp3) is 0.692. The van der Waals surface area contributed by atoms with E-state index in [0.717, 1.165) is 6.42 Å². The molecule has 2 heterocycles. The van der Waals surface area contributed by atoms with Gasteiger partial charge in [-0.25, -0.2) is 9.78 Å². The molecular formula is C13H21N5O3. The summed E-state index contributed by atoms with van der Waals surface area (Å²) in [5.41, 5.74) is -0.670. The lowest BCUT2D eigenvalue weighted by Gasteiger charge is -2.38. The summed E-state index contributed by atoms with van der Waals surface area (Å²) in [7, 11) is 0. The van der Waals surface area contributed by atoms with E-state index in [9.17, 15) is 14.7 Å². The van der Waals surface area contributed by atoms with Gasteiger partial charge in [-0.1, -0.05) is 13.3 Å². The third kappa shape index (κ3) is 3.50. The number of hydrogen-bond acceptors (Lipinski definition) is 4. The van der Waals surface area contributed by atoms with Gasteiger partial charge >= 0.3 is 12.0 Å². The molecule has 8 heteroatoms. The number of carboxylic acid groups (broad SMARTS) is 1. The Bertz CT molecular complexity index is 480. The maximum absolute atomic E-state index is 12.0. The van der Waals surface area contributed by atoms with Crippen molar-refractivity contribution in [2.24, 2.45) is 5.41 Å². The SMILES string of the molecule is CCCC1(C(=O)O)CCN(C(=O)NCc2ncn[nH]2)CC1.